The fraction of sp³-hybridized carbons (Fsp3) is 0.583. The van der Waals surface area contributed by atoms with E-state index in [9.17, 15) is 0 Å². The quantitative estimate of drug-likeness (QED) is 0.814. The van der Waals surface area contributed by atoms with E-state index in [1.807, 2.05) is 12.3 Å². The average Bonchev–Trinajstić information content (AvgIpc) is 2.39. The lowest BCUT2D eigenvalue weighted by Gasteiger charge is -2.36. The lowest BCUT2D eigenvalue weighted by Crippen LogP contribution is -2.46. The minimum Gasteiger partial charge on any atom is -0.367 e. The van der Waals surface area contributed by atoms with E-state index < -0.39 is 0 Å². The maximum atomic E-state index is 5.71. The molecule has 1 aliphatic heterocycles. The first kappa shape index (κ1) is 11.4. The van der Waals surface area contributed by atoms with Crippen molar-refractivity contribution in [3.63, 3.8) is 0 Å². The molecule has 0 atom stereocenters. The first-order valence-electron chi connectivity index (χ1n) is 5.96. The second kappa shape index (κ2) is 5.27. The van der Waals surface area contributed by atoms with Gasteiger partial charge in [0.1, 0.15) is 0 Å². The van der Waals surface area contributed by atoms with Crippen LogP contribution in [0.2, 0.25) is 0 Å². The normalized spacial score (nSPS) is 17.8. The zero-order valence-corrected chi connectivity index (χ0v) is 9.89. The van der Waals surface area contributed by atoms with E-state index in [-0.39, 0.29) is 0 Å². The van der Waals surface area contributed by atoms with Crippen LogP contribution in [0.25, 0.3) is 0 Å². The molecule has 88 valence electrons. The minimum atomic E-state index is 0.518. The van der Waals surface area contributed by atoms with Gasteiger partial charge in [0.2, 0.25) is 0 Å². The summed E-state index contributed by atoms with van der Waals surface area (Å²) in [6, 6.07) is 4.11. The van der Waals surface area contributed by atoms with Gasteiger partial charge in [-0.15, -0.1) is 0 Å². The summed E-state index contributed by atoms with van der Waals surface area (Å²) in [6.45, 7) is 8.30. The van der Waals surface area contributed by atoms with Gasteiger partial charge < -0.3 is 15.5 Å². The molecule has 1 saturated heterocycles. The summed E-state index contributed by atoms with van der Waals surface area (Å²) in [4.78, 5) is 9.19. The maximum Gasteiger partial charge on any atom is 0.0772 e. The maximum absolute atomic E-state index is 5.71. The molecule has 4 heteroatoms. The summed E-state index contributed by atoms with van der Waals surface area (Å²) in [6.07, 6.45) is 1.81. The number of pyridine rings is 1. The van der Waals surface area contributed by atoms with E-state index in [0.717, 1.165) is 38.4 Å². The smallest absolute Gasteiger partial charge is 0.0772 e. The number of nitrogens with two attached hydrogens (primary N) is 1. The third-order valence-electron chi connectivity index (χ3n) is 3.22. The molecule has 16 heavy (non-hydrogen) atoms. The SMILES string of the molecule is CCN1CCN(c2cccnc2CN)CC1. The molecule has 0 spiro atoms. The number of nitrogens with zero attached hydrogens (tertiary/aromatic N) is 3. The molecule has 0 radical (unpaired) electrons. The van der Waals surface area contributed by atoms with Crippen molar-refractivity contribution < 1.29 is 0 Å². The molecule has 1 fully saturated rings. The molecule has 0 aliphatic carbocycles. The van der Waals surface area contributed by atoms with Crippen molar-refractivity contribution in [1.29, 1.82) is 0 Å². The first-order chi connectivity index (χ1) is 7.85. The third kappa shape index (κ3) is 2.33. The van der Waals surface area contributed by atoms with Crippen molar-refractivity contribution in [2.75, 3.05) is 37.6 Å². The number of piperazine rings is 1. The van der Waals surface area contributed by atoms with Crippen LogP contribution >= 0.6 is 0 Å². The largest absolute Gasteiger partial charge is 0.367 e. The Bertz CT molecular complexity index is 332. The molecule has 2 heterocycles. The van der Waals surface area contributed by atoms with Gasteiger partial charge in [0.05, 0.1) is 11.4 Å². The minimum absolute atomic E-state index is 0.518. The molecule has 0 amide bonds. The summed E-state index contributed by atoms with van der Waals surface area (Å²) < 4.78 is 0. The Kier molecular flexibility index (Phi) is 3.74. The van der Waals surface area contributed by atoms with Gasteiger partial charge in [0.15, 0.2) is 0 Å². The van der Waals surface area contributed by atoms with Crippen molar-refractivity contribution in [2.24, 2.45) is 5.73 Å². The summed E-state index contributed by atoms with van der Waals surface area (Å²) in [5, 5.41) is 0. The van der Waals surface area contributed by atoms with Gasteiger partial charge in [0, 0.05) is 38.9 Å². The molecule has 0 bridgehead atoms. The van der Waals surface area contributed by atoms with Crippen molar-refractivity contribution in [3.8, 4) is 0 Å². The van der Waals surface area contributed by atoms with E-state index in [1.54, 1.807) is 0 Å². The molecule has 2 rings (SSSR count). The summed E-state index contributed by atoms with van der Waals surface area (Å²) >= 11 is 0. The molecule has 1 aromatic rings. The lowest BCUT2D eigenvalue weighted by molar-refractivity contribution is 0.271. The Labute approximate surface area is 97.1 Å². The predicted octanol–water partition coefficient (Wildman–Crippen LogP) is 0.682. The Morgan fingerprint density at radius 3 is 2.69 bits per heavy atom. The van der Waals surface area contributed by atoms with E-state index in [1.165, 1.54) is 5.69 Å². The van der Waals surface area contributed by atoms with Crippen molar-refractivity contribution >= 4 is 5.69 Å². The van der Waals surface area contributed by atoms with Gasteiger partial charge in [-0.25, -0.2) is 0 Å². The van der Waals surface area contributed by atoms with E-state index in [4.69, 9.17) is 5.73 Å². The molecule has 1 aromatic heterocycles. The monoisotopic (exact) mass is 220 g/mol. The van der Waals surface area contributed by atoms with E-state index in [2.05, 4.69) is 27.8 Å². The highest BCUT2D eigenvalue weighted by atomic mass is 15.3. The topological polar surface area (TPSA) is 45.4 Å². The molecule has 0 unspecified atom stereocenters. The van der Waals surface area contributed by atoms with Crippen LogP contribution in [0.5, 0.6) is 0 Å². The van der Waals surface area contributed by atoms with Crippen molar-refractivity contribution in [1.82, 2.24) is 9.88 Å². The predicted molar refractivity (Wildman–Crippen MR) is 66.5 cm³/mol. The van der Waals surface area contributed by atoms with Crippen LogP contribution in [-0.2, 0) is 6.54 Å². The van der Waals surface area contributed by atoms with Gasteiger partial charge in [-0.1, -0.05) is 6.92 Å². The third-order valence-corrected chi connectivity index (χ3v) is 3.22. The van der Waals surface area contributed by atoms with E-state index >= 15 is 0 Å². The van der Waals surface area contributed by atoms with Gasteiger partial charge in [-0.2, -0.15) is 0 Å². The second-order valence-electron chi connectivity index (χ2n) is 4.09. The molecule has 2 N–H and O–H groups in total. The number of anilines is 1. The number of aromatic nitrogens is 1. The molecule has 4 nitrogen and oxygen atoms in total. The van der Waals surface area contributed by atoms with Crippen LogP contribution in [0.15, 0.2) is 18.3 Å². The van der Waals surface area contributed by atoms with Crippen LogP contribution < -0.4 is 10.6 Å². The van der Waals surface area contributed by atoms with Crippen LogP contribution in [0.1, 0.15) is 12.6 Å². The van der Waals surface area contributed by atoms with Gasteiger partial charge in [-0.05, 0) is 18.7 Å². The summed E-state index contributed by atoms with van der Waals surface area (Å²) in [5.41, 5.74) is 7.93. The second-order valence-corrected chi connectivity index (χ2v) is 4.09. The van der Waals surface area contributed by atoms with Crippen molar-refractivity contribution in [3.05, 3.63) is 24.0 Å². The number of hydrogen-bond acceptors (Lipinski definition) is 4. The summed E-state index contributed by atoms with van der Waals surface area (Å²) in [5.74, 6) is 0. The highest BCUT2D eigenvalue weighted by Gasteiger charge is 2.17. The fourth-order valence-corrected chi connectivity index (χ4v) is 2.18. The molecule has 0 saturated carbocycles. The van der Waals surface area contributed by atoms with Gasteiger partial charge >= 0.3 is 0 Å². The standard InChI is InChI=1S/C12H20N4/c1-2-15-6-8-16(9-7-15)12-4-3-5-14-11(12)10-13/h3-5H,2,6-10,13H2,1H3. The summed E-state index contributed by atoms with van der Waals surface area (Å²) in [7, 11) is 0. The Balaban J connectivity index is 2.07. The Hall–Kier alpha value is -1.13. The zero-order chi connectivity index (χ0) is 11.4. The molecular weight excluding hydrogens is 200 g/mol. The number of likely N-dealkylation sites (N-methyl/N-ethyl adjacent to an activating group) is 1. The Morgan fingerprint density at radius 1 is 1.31 bits per heavy atom. The van der Waals surface area contributed by atoms with Gasteiger partial charge in [-0.3, -0.25) is 4.98 Å². The zero-order valence-electron chi connectivity index (χ0n) is 9.89. The molecular formula is C12H20N4. The Morgan fingerprint density at radius 2 is 2.06 bits per heavy atom. The van der Waals surface area contributed by atoms with Crippen LogP contribution in [0, 0.1) is 0 Å². The highest BCUT2D eigenvalue weighted by Crippen LogP contribution is 2.19. The van der Waals surface area contributed by atoms with Crippen LogP contribution in [0.4, 0.5) is 5.69 Å². The number of rotatable bonds is 3. The molecule has 1 aliphatic rings. The number of hydrogen-bond donors (Lipinski definition) is 1. The van der Waals surface area contributed by atoms with Crippen molar-refractivity contribution in [2.45, 2.75) is 13.5 Å². The lowest BCUT2D eigenvalue weighted by atomic mass is 10.2. The highest BCUT2D eigenvalue weighted by molar-refractivity contribution is 5.50. The van der Waals surface area contributed by atoms with E-state index in [0.29, 0.717) is 6.54 Å². The average molecular weight is 220 g/mol. The molecule has 0 aromatic carbocycles. The first-order valence-corrected chi connectivity index (χ1v) is 5.96. The fourth-order valence-electron chi connectivity index (χ4n) is 2.18. The van der Waals surface area contributed by atoms with Crippen LogP contribution in [-0.4, -0.2) is 42.6 Å². The van der Waals surface area contributed by atoms with Crippen LogP contribution in [0.3, 0.4) is 0 Å². The van der Waals surface area contributed by atoms with Gasteiger partial charge in [0.25, 0.3) is 0 Å².